The number of carbonyl (C=O) groups excluding carboxylic acids is 1. The van der Waals surface area contributed by atoms with Crippen molar-refractivity contribution in [1.29, 1.82) is 0 Å². The lowest BCUT2D eigenvalue weighted by Crippen LogP contribution is -2.40. The fourth-order valence-corrected chi connectivity index (χ4v) is 3.77. The van der Waals surface area contributed by atoms with Gasteiger partial charge in [-0.2, -0.15) is 0 Å². The zero-order valence-corrected chi connectivity index (χ0v) is 16.1. The number of hydrogen-bond acceptors (Lipinski definition) is 2. The van der Waals surface area contributed by atoms with Gasteiger partial charge in [0.2, 0.25) is 5.91 Å². The lowest BCUT2D eigenvalue weighted by atomic mass is 9.96. The molecular weight excluding hydrogens is 374 g/mol. The van der Waals surface area contributed by atoms with Gasteiger partial charge in [0.1, 0.15) is 5.82 Å². The number of rotatable bonds is 4. The predicted octanol–water partition coefficient (Wildman–Crippen LogP) is 5.29. The first-order valence-corrected chi connectivity index (χ1v) is 9.42. The van der Waals surface area contributed by atoms with E-state index in [1.54, 1.807) is 18.2 Å². The molecule has 0 aromatic heterocycles. The molecule has 1 saturated heterocycles. The number of anilines is 1. The molecule has 0 bridgehead atoms. The smallest absolute Gasteiger partial charge is 0.228 e. The van der Waals surface area contributed by atoms with E-state index in [1.807, 2.05) is 19.1 Å². The van der Waals surface area contributed by atoms with E-state index in [9.17, 15) is 9.18 Å². The highest BCUT2D eigenvalue weighted by Crippen LogP contribution is 2.26. The van der Waals surface area contributed by atoms with Crippen LogP contribution >= 0.6 is 23.2 Å². The van der Waals surface area contributed by atoms with E-state index in [4.69, 9.17) is 23.2 Å². The Morgan fingerprint density at radius 2 is 2.12 bits per heavy atom. The lowest BCUT2D eigenvalue weighted by molar-refractivity contribution is -0.121. The Morgan fingerprint density at radius 1 is 1.31 bits per heavy atom. The predicted molar refractivity (Wildman–Crippen MR) is 104 cm³/mol. The molecule has 0 aliphatic carbocycles. The molecule has 1 fully saturated rings. The van der Waals surface area contributed by atoms with Crippen LogP contribution in [0, 0.1) is 18.7 Å². The van der Waals surface area contributed by atoms with Gasteiger partial charge in [0.25, 0.3) is 0 Å². The molecule has 138 valence electrons. The average molecular weight is 395 g/mol. The summed E-state index contributed by atoms with van der Waals surface area (Å²) in [6.07, 6.45) is 1.71. The summed E-state index contributed by atoms with van der Waals surface area (Å²) in [5, 5.41) is 4.06. The van der Waals surface area contributed by atoms with Crippen LogP contribution in [-0.4, -0.2) is 23.9 Å². The van der Waals surface area contributed by atoms with Crippen LogP contribution in [0.5, 0.6) is 0 Å². The summed E-state index contributed by atoms with van der Waals surface area (Å²) in [6.45, 7) is 3.74. The Hall–Kier alpha value is -1.62. The monoisotopic (exact) mass is 394 g/mol. The van der Waals surface area contributed by atoms with Crippen molar-refractivity contribution in [3.05, 3.63) is 63.4 Å². The van der Waals surface area contributed by atoms with Crippen molar-refractivity contribution in [2.24, 2.45) is 5.92 Å². The summed E-state index contributed by atoms with van der Waals surface area (Å²) in [5.41, 5.74) is 2.19. The van der Waals surface area contributed by atoms with Gasteiger partial charge in [0.15, 0.2) is 0 Å². The summed E-state index contributed by atoms with van der Waals surface area (Å²) < 4.78 is 14.0. The number of nitrogens with one attached hydrogen (secondary N) is 1. The molecule has 0 saturated carbocycles. The van der Waals surface area contributed by atoms with Gasteiger partial charge in [-0.15, -0.1) is 0 Å². The standard InChI is InChI=1S/C20H21Cl2FN2O/c1-13-10-15(21)7-8-19(13)24-20(26)14-4-3-9-25(11-14)12-16-17(22)5-2-6-18(16)23/h2,5-8,10,14H,3-4,9,11-12H2,1H3,(H,24,26). The third-order valence-electron chi connectivity index (χ3n) is 4.77. The average Bonchev–Trinajstić information content (AvgIpc) is 2.61. The molecule has 1 atom stereocenters. The van der Waals surface area contributed by atoms with Crippen molar-refractivity contribution in [3.63, 3.8) is 0 Å². The Morgan fingerprint density at radius 3 is 2.85 bits per heavy atom. The first-order chi connectivity index (χ1) is 12.4. The Kier molecular flexibility index (Phi) is 6.17. The largest absolute Gasteiger partial charge is 0.326 e. The number of likely N-dealkylation sites (tertiary alicyclic amines) is 1. The first kappa shape index (κ1) is 19.2. The highest BCUT2D eigenvalue weighted by molar-refractivity contribution is 6.31. The number of amides is 1. The van der Waals surface area contributed by atoms with Crippen LogP contribution in [0.2, 0.25) is 10.0 Å². The minimum Gasteiger partial charge on any atom is -0.326 e. The molecule has 1 amide bonds. The minimum atomic E-state index is -0.305. The summed E-state index contributed by atoms with van der Waals surface area (Å²) in [5.74, 6) is -0.454. The van der Waals surface area contributed by atoms with E-state index in [0.717, 1.165) is 30.6 Å². The topological polar surface area (TPSA) is 32.3 Å². The van der Waals surface area contributed by atoms with Crippen molar-refractivity contribution >= 4 is 34.8 Å². The minimum absolute atomic E-state index is 0.0141. The van der Waals surface area contributed by atoms with Gasteiger partial charge >= 0.3 is 0 Å². The fraction of sp³-hybridized carbons (Fsp3) is 0.350. The summed E-state index contributed by atoms with van der Waals surface area (Å²) in [7, 11) is 0. The quantitative estimate of drug-likeness (QED) is 0.763. The van der Waals surface area contributed by atoms with E-state index in [0.29, 0.717) is 28.7 Å². The maximum atomic E-state index is 14.0. The van der Waals surface area contributed by atoms with Gasteiger partial charge < -0.3 is 5.32 Å². The van der Waals surface area contributed by atoms with Crippen molar-refractivity contribution in [3.8, 4) is 0 Å². The van der Waals surface area contributed by atoms with Crippen LogP contribution in [0.1, 0.15) is 24.0 Å². The molecule has 2 aromatic carbocycles. The molecule has 0 spiro atoms. The number of nitrogens with zero attached hydrogens (tertiary/aromatic N) is 1. The fourth-order valence-electron chi connectivity index (χ4n) is 3.32. The second-order valence-corrected chi connectivity index (χ2v) is 7.57. The van der Waals surface area contributed by atoms with E-state index in [2.05, 4.69) is 10.2 Å². The van der Waals surface area contributed by atoms with Crippen molar-refractivity contribution < 1.29 is 9.18 Å². The molecule has 1 aliphatic heterocycles. The second kappa shape index (κ2) is 8.38. The number of aryl methyl sites for hydroxylation is 1. The van der Waals surface area contributed by atoms with Gasteiger partial charge in [0, 0.05) is 34.4 Å². The van der Waals surface area contributed by atoms with Crippen molar-refractivity contribution in [2.45, 2.75) is 26.3 Å². The normalized spacial score (nSPS) is 17.9. The third kappa shape index (κ3) is 4.56. The lowest BCUT2D eigenvalue weighted by Gasteiger charge is -2.32. The van der Waals surface area contributed by atoms with E-state index >= 15 is 0 Å². The van der Waals surface area contributed by atoms with Crippen LogP contribution in [0.15, 0.2) is 36.4 Å². The van der Waals surface area contributed by atoms with Gasteiger partial charge in [-0.1, -0.05) is 29.3 Å². The van der Waals surface area contributed by atoms with E-state index in [-0.39, 0.29) is 17.6 Å². The molecule has 1 N–H and O–H groups in total. The molecule has 1 aliphatic rings. The summed E-state index contributed by atoms with van der Waals surface area (Å²) in [4.78, 5) is 14.8. The molecule has 2 aromatic rings. The zero-order chi connectivity index (χ0) is 18.7. The molecule has 3 nitrogen and oxygen atoms in total. The highest BCUT2D eigenvalue weighted by atomic mass is 35.5. The van der Waals surface area contributed by atoms with Gasteiger partial charge in [-0.3, -0.25) is 9.69 Å². The molecule has 1 heterocycles. The van der Waals surface area contributed by atoms with Gasteiger partial charge in [0.05, 0.1) is 5.92 Å². The van der Waals surface area contributed by atoms with Crippen LogP contribution < -0.4 is 5.32 Å². The molecule has 0 radical (unpaired) electrons. The Balaban J connectivity index is 1.65. The SMILES string of the molecule is Cc1cc(Cl)ccc1NC(=O)C1CCCN(Cc2c(F)cccc2Cl)C1. The van der Waals surface area contributed by atoms with Crippen molar-refractivity contribution in [2.75, 3.05) is 18.4 Å². The molecule has 1 unspecified atom stereocenters. The first-order valence-electron chi connectivity index (χ1n) is 8.66. The second-order valence-electron chi connectivity index (χ2n) is 6.72. The van der Waals surface area contributed by atoms with Crippen LogP contribution in [0.4, 0.5) is 10.1 Å². The maximum absolute atomic E-state index is 14.0. The number of piperidine rings is 1. The van der Waals surface area contributed by atoms with Crippen LogP contribution in [0.25, 0.3) is 0 Å². The Bertz CT molecular complexity index is 792. The van der Waals surface area contributed by atoms with E-state index in [1.165, 1.54) is 6.07 Å². The highest BCUT2D eigenvalue weighted by Gasteiger charge is 2.27. The number of carbonyl (C=O) groups is 1. The summed E-state index contributed by atoms with van der Waals surface area (Å²) >= 11 is 12.1. The number of hydrogen-bond donors (Lipinski definition) is 1. The summed E-state index contributed by atoms with van der Waals surface area (Å²) in [6, 6.07) is 10.1. The maximum Gasteiger partial charge on any atom is 0.228 e. The van der Waals surface area contributed by atoms with Crippen LogP contribution in [-0.2, 0) is 11.3 Å². The number of benzene rings is 2. The third-order valence-corrected chi connectivity index (χ3v) is 5.36. The number of halogens is 3. The molecule has 3 rings (SSSR count). The van der Waals surface area contributed by atoms with Gasteiger partial charge in [-0.05, 0) is 62.2 Å². The van der Waals surface area contributed by atoms with E-state index < -0.39 is 0 Å². The Labute approximate surface area is 163 Å². The molecule has 6 heteroatoms. The molecular formula is C20H21Cl2FN2O. The van der Waals surface area contributed by atoms with Crippen LogP contribution in [0.3, 0.4) is 0 Å². The van der Waals surface area contributed by atoms with Crippen molar-refractivity contribution in [1.82, 2.24) is 4.90 Å². The zero-order valence-electron chi connectivity index (χ0n) is 14.6. The van der Waals surface area contributed by atoms with Gasteiger partial charge in [-0.25, -0.2) is 4.39 Å². The molecule has 26 heavy (non-hydrogen) atoms.